The van der Waals surface area contributed by atoms with Crippen LogP contribution in [0.5, 0.6) is 0 Å². The molecule has 0 fully saturated rings. The molecule has 0 aliphatic heterocycles. The van der Waals surface area contributed by atoms with E-state index >= 15 is 0 Å². The van der Waals surface area contributed by atoms with Gasteiger partial charge in [-0.05, 0) is 26.7 Å². The zero-order chi connectivity index (χ0) is 15.2. The predicted octanol–water partition coefficient (Wildman–Crippen LogP) is 1.76. The second-order valence-corrected chi connectivity index (χ2v) is 5.72. The summed E-state index contributed by atoms with van der Waals surface area (Å²) < 4.78 is 5.11. The first-order chi connectivity index (χ1) is 8.56. The molecule has 3 N–H and O–H groups in total. The van der Waals surface area contributed by atoms with E-state index in [1.54, 1.807) is 20.8 Å². The molecule has 0 spiro atoms. The molecule has 0 heterocycles. The zero-order valence-electron chi connectivity index (χ0n) is 12.3. The number of aliphatic carboxylic acids is 1. The van der Waals surface area contributed by atoms with Gasteiger partial charge in [0, 0.05) is 0 Å². The van der Waals surface area contributed by atoms with Gasteiger partial charge in [-0.15, -0.1) is 0 Å². The van der Waals surface area contributed by atoms with Gasteiger partial charge in [-0.3, -0.25) is 4.79 Å². The molecule has 6 heteroatoms. The second kappa shape index (κ2) is 7.33. The Kier molecular flexibility index (Phi) is 6.83. The number of amides is 1. The van der Waals surface area contributed by atoms with Gasteiger partial charge in [-0.1, -0.05) is 20.3 Å². The normalized spacial score (nSPS) is 16.3. The van der Waals surface area contributed by atoms with Crippen molar-refractivity contribution in [3.63, 3.8) is 0 Å². The van der Waals surface area contributed by atoms with Crippen molar-refractivity contribution in [2.24, 2.45) is 5.92 Å². The average Bonchev–Trinajstić information content (AvgIpc) is 2.21. The van der Waals surface area contributed by atoms with Crippen LogP contribution in [0.1, 0.15) is 47.5 Å². The van der Waals surface area contributed by atoms with Crippen LogP contribution in [0.15, 0.2) is 0 Å². The van der Waals surface area contributed by atoms with E-state index in [-0.39, 0.29) is 5.92 Å². The molecule has 0 aromatic heterocycles. The van der Waals surface area contributed by atoms with E-state index in [9.17, 15) is 14.7 Å². The van der Waals surface area contributed by atoms with Gasteiger partial charge in [0.2, 0.25) is 0 Å². The molecule has 0 aliphatic carbocycles. The van der Waals surface area contributed by atoms with E-state index < -0.39 is 36.2 Å². The molecular formula is C13H25NO5. The van der Waals surface area contributed by atoms with Gasteiger partial charge in [-0.25, -0.2) is 4.79 Å². The average molecular weight is 275 g/mol. The standard InChI is InChI=1S/C13H25NO5/c1-6-8(2)11(9(15)7-10(16)17)14-12(18)19-13(3,4)5/h8-9,11,15H,6-7H2,1-5H3,(H,14,18)(H,16,17)/t8-,9?,11+/m0/s1. The molecule has 1 amide bonds. The van der Waals surface area contributed by atoms with Crippen LogP contribution in [-0.4, -0.2) is 40.0 Å². The molecule has 0 saturated carbocycles. The Labute approximate surface area is 114 Å². The van der Waals surface area contributed by atoms with Crippen molar-refractivity contribution in [3.8, 4) is 0 Å². The first kappa shape index (κ1) is 17.7. The van der Waals surface area contributed by atoms with Gasteiger partial charge in [0.15, 0.2) is 0 Å². The Hall–Kier alpha value is -1.30. The summed E-state index contributed by atoms with van der Waals surface area (Å²) in [6, 6.07) is -0.643. The third kappa shape index (κ3) is 7.66. The van der Waals surface area contributed by atoms with Gasteiger partial charge in [0.25, 0.3) is 0 Å². The smallest absolute Gasteiger partial charge is 0.407 e. The first-order valence-electron chi connectivity index (χ1n) is 6.46. The van der Waals surface area contributed by atoms with Crippen molar-refractivity contribution in [2.45, 2.75) is 65.2 Å². The van der Waals surface area contributed by atoms with Crippen LogP contribution < -0.4 is 5.32 Å². The van der Waals surface area contributed by atoms with Crippen molar-refractivity contribution in [1.82, 2.24) is 5.32 Å². The van der Waals surface area contributed by atoms with E-state index in [1.165, 1.54) is 0 Å². The number of hydrogen-bond donors (Lipinski definition) is 3. The Morgan fingerprint density at radius 3 is 2.21 bits per heavy atom. The highest BCUT2D eigenvalue weighted by Gasteiger charge is 2.29. The van der Waals surface area contributed by atoms with E-state index in [0.29, 0.717) is 6.42 Å². The molecule has 0 radical (unpaired) electrons. The SMILES string of the molecule is CC[C@H](C)[C@@H](NC(=O)OC(C)(C)C)C(O)CC(=O)O. The maximum atomic E-state index is 11.7. The molecule has 0 bridgehead atoms. The number of nitrogens with one attached hydrogen (secondary N) is 1. The van der Waals surface area contributed by atoms with Crippen LogP contribution in [0.3, 0.4) is 0 Å². The minimum atomic E-state index is -1.14. The van der Waals surface area contributed by atoms with E-state index in [4.69, 9.17) is 9.84 Å². The van der Waals surface area contributed by atoms with Crippen molar-refractivity contribution in [3.05, 3.63) is 0 Å². The quantitative estimate of drug-likeness (QED) is 0.686. The zero-order valence-corrected chi connectivity index (χ0v) is 12.3. The highest BCUT2D eigenvalue weighted by Crippen LogP contribution is 2.15. The van der Waals surface area contributed by atoms with E-state index in [0.717, 1.165) is 0 Å². The highest BCUT2D eigenvalue weighted by atomic mass is 16.6. The number of rotatable bonds is 6. The predicted molar refractivity (Wildman–Crippen MR) is 70.9 cm³/mol. The summed E-state index contributed by atoms with van der Waals surface area (Å²) in [4.78, 5) is 22.3. The van der Waals surface area contributed by atoms with Crippen LogP contribution in [-0.2, 0) is 9.53 Å². The molecule has 112 valence electrons. The molecule has 0 aliphatic rings. The summed E-state index contributed by atoms with van der Waals surface area (Å²) in [7, 11) is 0. The number of carbonyl (C=O) groups is 2. The van der Waals surface area contributed by atoms with Crippen LogP contribution in [0.4, 0.5) is 4.79 Å². The van der Waals surface area contributed by atoms with Crippen molar-refractivity contribution in [2.75, 3.05) is 0 Å². The fourth-order valence-corrected chi connectivity index (χ4v) is 1.62. The highest BCUT2D eigenvalue weighted by molar-refractivity contribution is 5.69. The molecule has 0 saturated heterocycles. The Bertz CT molecular complexity index is 311. The van der Waals surface area contributed by atoms with Crippen molar-refractivity contribution < 1.29 is 24.5 Å². The lowest BCUT2D eigenvalue weighted by atomic mass is 9.93. The maximum Gasteiger partial charge on any atom is 0.407 e. The van der Waals surface area contributed by atoms with Gasteiger partial charge in [0.05, 0.1) is 18.6 Å². The number of aliphatic hydroxyl groups is 1. The molecule has 3 atom stereocenters. The van der Waals surface area contributed by atoms with Crippen LogP contribution in [0, 0.1) is 5.92 Å². The molecule has 6 nitrogen and oxygen atoms in total. The fourth-order valence-electron chi connectivity index (χ4n) is 1.62. The third-order valence-electron chi connectivity index (χ3n) is 2.74. The minimum absolute atomic E-state index is 0.0538. The summed E-state index contributed by atoms with van der Waals surface area (Å²) in [6.07, 6.45) is -1.50. The molecule has 0 rings (SSSR count). The Morgan fingerprint density at radius 2 is 1.84 bits per heavy atom. The first-order valence-corrected chi connectivity index (χ1v) is 6.46. The van der Waals surface area contributed by atoms with Crippen molar-refractivity contribution in [1.29, 1.82) is 0 Å². The summed E-state index contributed by atoms with van der Waals surface area (Å²) in [5, 5.41) is 21.1. The lowest BCUT2D eigenvalue weighted by Crippen LogP contribution is -2.49. The van der Waals surface area contributed by atoms with Gasteiger partial charge in [0.1, 0.15) is 5.60 Å². The second-order valence-electron chi connectivity index (χ2n) is 5.72. The van der Waals surface area contributed by atoms with Crippen LogP contribution in [0.25, 0.3) is 0 Å². The number of carboxylic acid groups (broad SMARTS) is 1. The van der Waals surface area contributed by atoms with Crippen LogP contribution in [0.2, 0.25) is 0 Å². The third-order valence-corrected chi connectivity index (χ3v) is 2.74. The Balaban J connectivity index is 4.68. The number of ether oxygens (including phenoxy) is 1. The minimum Gasteiger partial charge on any atom is -0.481 e. The van der Waals surface area contributed by atoms with Gasteiger partial charge >= 0.3 is 12.1 Å². The molecule has 0 aromatic rings. The lowest BCUT2D eigenvalue weighted by Gasteiger charge is -2.29. The number of hydrogen-bond acceptors (Lipinski definition) is 4. The summed E-state index contributed by atoms with van der Waals surface area (Å²) in [5.74, 6) is -1.16. The monoisotopic (exact) mass is 275 g/mol. The maximum absolute atomic E-state index is 11.7. The molecule has 19 heavy (non-hydrogen) atoms. The molecule has 1 unspecified atom stereocenters. The topological polar surface area (TPSA) is 95.9 Å². The lowest BCUT2D eigenvalue weighted by molar-refractivity contribution is -0.139. The van der Waals surface area contributed by atoms with Gasteiger partial charge in [-0.2, -0.15) is 0 Å². The molecular weight excluding hydrogens is 250 g/mol. The number of alkyl carbamates (subject to hydrolysis) is 1. The Morgan fingerprint density at radius 1 is 1.32 bits per heavy atom. The number of carbonyl (C=O) groups excluding carboxylic acids is 1. The van der Waals surface area contributed by atoms with Crippen molar-refractivity contribution >= 4 is 12.1 Å². The van der Waals surface area contributed by atoms with E-state index in [1.807, 2.05) is 13.8 Å². The van der Waals surface area contributed by atoms with Gasteiger partial charge < -0.3 is 20.3 Å². The van der Waals surface area contributed by atoms with E-state index in [2.05, 4.69) is 5.32 Å². The fraction of sp³-hybridized carbons (Fsp3) is 0.846. The summed E-state index contributed by atoms with van der Waals surface area (Å²) >= 11 is 0. The summed E-state index contributed by atoms with van der Waals surface area (Å²) in [5.41, 5.74) is -0.637. The molecule has 0 aromatic carbocycles. The number of aliphatic hydroxyl groups excluding tert-OH is 1. The summed E-state index contributed by atoms with van der Waals surface area (Å²) in [6.45, 7) is 8.95. The van der Waals surface area contributed by atoms with Crippen LogP contribution >= 0.6 is 0 Å². The largest absolute Gasteiger partial charge is 0.481 e. The number of carboxylic acids is 1.